The molecule has 4 heterocycles. The summed E-state index contributed by atoms with van der Waals surface area (Å²) in [5.74, 6) is 2.31. The number of fused-ring (bicyclic) bond motifs is 1. The molecular formula is C30H23F2N7O. The minimum Gasteiger partial charge on any atom is -0.457 e. The molecule has 3 aromatic carbocycles. The summed E-state index contributed by atoms with van der Waals surface area (Å²) < 4.78 is 36.1. The van der Waals surface area contributed by atoms with Crippen LogP contribution in [-0.2, 0) is 0 Å². The van der Waals surface area contributed by atoms with E-state index in [0.717, 1.165) is 23.8 Å². The third kappa shape index (κ3) is 4.43. The molecule has 1 aliphatic rings. The number of hydrogen-bond acceptors (Lipinski definition) is 6. The summed E-state index contributed by atoms with van der Waals surface area (Å²) >= 11 is 0. The van der Waals surface area contributed by atoms with Crippen LogP contribution < -0.4 is 9.64 Å². The Morgan fingerprint density at radius 2 is 1.73 bits per heavy atom. The van der Waals surface area contributed by atoms with E-state index in [1.54, 1.807) is 16.9 Å². The van der Waals surface area contributed by atoms with Crippen LogP contribution in [0.25, 0.3) is 28.4 Å². The quantitative estimate of drug-likeness (QED) is 0.259. The third-order valence-corrected chi connectivity index (χ3v) is 7.05. The van der Waals surface area contributed by atoms with Crippen molar-refractivity contribution in [2.45, 2.75) is 18.9 Å². The minimum atomic E-state index is -0.454. The molecule has 0 aliphatic carbocycles. The van der Waals surface area contributed by atoms with E-state index in [4.69, 9.17) is 14.7 Å². The van der Waals surface area contributed by atoms with Crippen molar-refractivity contribution in [3.63, 3.8) is 0 Å². The van der Waals surface area contributed by atoms with Gasteiger partial charge in [-0.25, -0.2) is 23.3 Å². The molecule has 1 fully saturated rings. The Labute approximate surface area is 227 Å². The summed E-state index contributed by atoms with van der Waals surface area (Å²) in [5.41, 5.74) is 2.42. The molecule has 0 amide bonds. The second kappa shape index (κ2) is 9.88. The molecule has 198 valence electrons. The summed E-state index contributed by atoms with van der Waals surface area (Å²) in [5, 5.41) is 11.8. The molecule has 1 aliphatic heterocycles. The van der Waals surface area contributed by atoms with Crippen LogP contribution >= 0.6 is 0 Å². The molecule has 10 heteroatoms. The molecule has 40 heavy (non-hydrogen) atoms. The normalized spacial score (nSPS) is 15.2. The second-order valence-electron chi connectivity index (χ2n) is 9.58. The Kier molecular flexibility index (Phi) is 5.92. The van der Waals surface area contributed by atoms with E-state index in [1.165, 1.54) is 12.1 Å². The lowest BCUT2D eigenvalue weighted by Gasteiger charge is -2.26. The van der Waals surface area contributed by atoms with Gasteiger partial charge in [0.1, 0.15) is 29.0 Å². The third-order valence-electron chi connectivity index (χ3n) is 7.05. The minimum absolute atomic E-state index is 0.303. The van der Waals surface area contributed by atoms with Gasteiger partial charge in [-0.3, -0.25) is 5.10 Å². The van der Waals surface area contributed by atoms with Crippen LogP contribution in [0, 0.1) is 11.6 Å². The zero-order chi connectivity index (χ0) is 27.1. The number of hydrogen-bond donors (Lipinski definition) is 1. The number of H-pyrrole nitrogens is 1. The van der Waals surface area contributed by atoms with E-state index in [0.29, 0.717) is 53.0 Å². The predicted molar refractivity (Wildman–Crippen MR) is 146 cm³/mol. The molecule has 7 rings (SSSR count). The van der Waals surface area contributed by atoms with Crippen LogP contribution in [0.15, 0.2) is 91.3 Å². The van der Waals surface area contributed by atoms with E-state index < -0.39 is 11.6 Å². The maximum Gasteiger partial charge on any atom is 0.181 e. The molecule has 8 nitrogen and oxygen atoms in total. The zero-order valence-electron chi connectivity index (χ0n) is 21.2. The van der Waals surface area contributed by atoms with Gasteiger partial charge >= 0.3 is 0 Å². The number of ether oxygens (including phenoxy) is 1. The molecule has 1 saturated heterocycles. The summed E-state index contributed by atoms with van der Waals surface area (Å²) in [4.78, 5) is 11.6. The van der Waals surface area contributed by atoms with E-state index in [9.17, 15) is 8.78 Å². The monoisotopic (exact) mass is 535 g/mol. The Morgan fingerprint density at radius 1 is 0.900 bits per heavy atom. The van der Waals surface area contributed by atoms with Crippen molar-refractivity contribution in [2.24, 2.45) is 0 Å². The number of aromatic amines is 1. The lowest BCUT2D eigenvalue weighted by Crippen LogP contribution is -2.24. The van der Waals surface area contributed by atoms with Crippen LogP contribution in [0.2, 0.25) is 0 Å². The lowest BCUT2D eigenvalue weighted by molar-refractivity contribution is 0.483. The number of benzene rings is 3. The van der Waals surface area contributed by atoms with Gasteiger partial charge in [-0.15, -0.1) is 0 Å². The average Bonchev–Trinajstić information content (AvgIpc) is 3.75. The maximum absolute atomic E-state index is 14.6. The first-order valence-corrected chi connectivity index (χ1v) is 12.9. The molecule has 0 saturated carbocycles. The molecule has 6 aromatic rings. The van der Waals surface area contributed by atoms with Crippen LogP contribution in [-0.4, -0.2) is 36.3 Å². The standard InChI is InChI=1S/C30H23F2N7O/c31-20-10-13-25(32)23(17-20)26-7-4-15-38(26)27-14-16-39-30(34-27)24(18-33-39)29-35-28(36-37-29)19-8-11-22(12-9-19)40-21-5-2-1-3-6-21/h1-3,5-6,8-14,16-18,26H,4,7,15H2,(H,35,36,37)/t26-/m1/s1. The lowest BCUT2D eigenvalue weighted by atomic mass is 10.0. The average molecular weight is 536 g/mol. The van der Waals surface area contributed by atoms with Gasteiger partial charge in [0.25, 0.3) is 0 Å². The number of halogens is 2. The maximum atomic E-state index is 14.6. The number of rotatable bonds is 6. The van der Waals surface area contributed by atoms with Crippen molar-refractivity contribution in [3.8, 4) is 34.3 Å². The van der Waals surface area contributed by atoms with Crippen LogP contribution in [0.1, 0.15) is 24.4 Å². The zero-order valence-corrected chi connectivity index (χ0v) is 21.2. The van der Waals surface area contributed by atoms with Crippen molar-refractivity contribution >= 4 is 11.5 Å². The summed E-state index contributed by atoms with van der Waals surface area (Å²) in [6.45, 7) is 0.684. The highest BCUT2D eigenvalue weighted by Gasteiger charge is 2.30. The van der Waals surface area contributed by atoms with Gasteiger partial charge in [0.2, 0.25) is 0 Å². The SMILES string of the molecule is Fc1ccc(F)c([C@H]2CCCN2c2ccn3ncc(-c4nc(-c5ccc(Oc6ccccc6)cc5)n[nH]4)c3n2)c1. The first-order valence-electron chi connectivity index (χ1n) is 12.9. The highest BCUT2D eigenvalue weighted by atomic mass is 19.1. The Morgan fingerprint density at radius 3 is 2.58 bits per heavy atom. The Hall–Kier alpha value is -5.12. The Bertz CT molecular complexity index is 1800. The van der Waals surface area contributed by atoms with Gasteiger partial charge in [0.05, 0.1) is 17.8 Å². The summed E-state index contributed by atoms with van der Waals surface area (Å²) in [6.07, 6.45) is 5.04. The van der Waals surface area contributed by atoms with Gasteiger partial charge in [-0.2, -0.15) is 10.2 Å². The predicted octanol–water partition coefficient (Wildman–Crippen LogP) is 6.59. The van der Waals surface area contributed by atoms with Gasteiger partial charge in [-0.05, 0) is 73.5 Å². The van der Waals surface area contributed by atoms with E-state index in [2.05, 4.69) is 15.3 Å². The fourth-order valence-corrected chi connectivity index (χ4v) is 5.13. The Balaban J connectivity index is 1.16. The molecular weight excluding hydrogens is 512 g/mol. The van der Waals surface area contributed by atoms with Crippen LogP contribution in [0.4, 0.5) is 14.6 Å². The first kappa shape index (κ1) is 24.0. The highest BCUT2D eigenvalue weighted by Crippen LogP contribution is 2.37. The van der Waals surface area contributed by atoms with Gasteiger partial charge in [-0.1, -0.05) is 18.2 Å². The summed E-state index contributed by atoms with van der Waals surface area (Å²) in [6, 6.07) is 22.2. The molecule has 1 N–H and O–H groups in total. The van der Waals surface area contributed by atoms with Crippen molar-refractivity contribution in [1.29, 1.82) is 0 Å². The number of nitrogens with zero attached hydrogens (tertiary/aromatic N) is 6. The molecule has 0 bridgehead atoms. The number of anilines is 1. The molecule has 1 atom stereocenters. The highest BCUT2D eigenvalue weighted by molar-refractivity contribution is 5.74. The van der Waals surface area contributed by atoms with Gasteiger partial charge in [0.15, 0.2) is 17.3 Å². The van der Waals surface area contributed by atoms with Crippen molar-refractivity contribution < 1.29 is 13.5 Å². The van der Waals surface area contributed by atoms with Gasteiger partial charge < -0.3 is 9.64 Å². The van der Waals surface area contributed by atoms with E-state index >= 15 is 0 Å². The molecule has 0 unspecified atom stereocenters. The molecule has 0 radical (unpaired) electrons. The van der Waals surface area contributed by atoms with E-state index in [1.807, 2.05) is 65.6 Å². The van der Waals surface area contributed by atoms with E-state index in [-0.39, 0.29) is 6.04 Å². The fourth-order valence-electron chi connectivity index (χ4n) is 5.13. The van der Waals surface area contributed by atoms with Crippen molar-refractivity contribution in [2.75, 3.05) is 11.4 Å². The number of nitrogens with one attached hydrogen (secondary N) is 1. The first-order chi connectivity index (χ1) is 19.6. The fraction of sp³-hybridized carbons (Fsp3) is 0.133. The molecule has 3 aromatic heterocycles. The summed E-state index contributed by atoms with van der Waals surface area (Å²) in [7, 11) is 0. The second-order valence-corrected chi connectivity index (χ2v) is 9.58. The van der Waals surface area contributed by atoms with Crippen molar-refractivity contribution in [1.82, 2.24) is 29.8 Å². The largest absolute Gasteiger partial charge is 0.457 e. The van der Waals surface area contributed by atoms with Gasteiger partial charge in [0, 0.05) is 23.9 Å². The smallest absolute Gasteiger partial charge is 0.181 e. The number of aromatic nitrogens is 6. The molecule has 0 spiro atoms. The van der Waals surface area contributed by atoms with Crippen LogP contribution in [0.3, 0.4) is 0 Å². The van der Waals surface area contributed by atoms with Crippen molar-refractivity contribution in [3.05, 3.63) is 108 Å². The topological polar surface area (TPSA) is 84.2 Å². The van der Waals surface area contributed by atoms with Crippen LogP contribution in [0.5, 0.6) is 11.5 Å². The number of para-hydroxylation sites is 1.